The average molecular weight is 570 g/mol. The van der Waals surface area contributed by atoms with Crippen molar-refractivity contribution in [1.29, 1.82) is 0 Å². The molecule has 0 fully saturated rings. The first-order valence-corrected chi connectivity index (χ1v) is 13.0. The number of pyridine rings is 1. The Morgan fingerprint density at radius 3 is 2.44 bits per heavy atom. The minimum atomic E-state index is -1.06. The molecule has 2 heterocycles. The van der Waals surface area contributed by atoms with Crippen molar-refractivity contribution in [2.75, 3.05) is 10.6 Å². The summed E-state index contributed by atoms with van der Waals surface area (Å²) in [7, 11) is 0. The number of amides is 2. The van der Waals surface area contributed by atoms with E-state index in [0.29, 0.717) is 38.6 Å². The van der Waals surface area contributed by atoms with Gasteiger partial charge in [0.25, 0.3) is 11.9 Å². The molecule has 0 saturated heterocycles. The molecule has 0 aliphatic carbocycles. The van der Waals surface area contributed by atoms with E-state index in [0.717, 1.165) is 5.56 Å². The molecule has 0 radical (unpaired) electrons. The molecule has 0 unspecified atom stereocenters. The number of aliphatic carboxylic acids is 1. The third-order valence-corrected chi connectivity index (χ3v) is 6.49. The molecule has 5 rings (SSSR count). The summed E-state index contributed by atoms with van der Waals surface area (Å²) in [4.78, 5) is 45.0. The smallest absolute Gasteiger partial charge is 0.305 e. The Morgan fingerprint density at radius 2 is 1.71 bits per heavy atom. The van der Waals surface area contributed by atoms with E-state index < -0.39 is 17.9 Å². The summed E-state index contributed by atoms with van der Waals surface area (Å²) in [5, 5.41) is 18.5. The maximum atomic E-state index is 12.7. The standard InChI is InChI=1S/C30H24ClN5O5/c31-22-3-1-2-4-23(22)35-30-36-24-10-5-18(15-26(24)41-30)16-27(37)33-21-8-6-19(7-9-21)25(17-28(38)39)34-29(40)20-11-13-32-14-12-20/h1-15,25H,16-17H2,(H,33,37)(H,34,40)(H,35,36)(H,38,39)/t25-/m0/s1. The van der Waals surface area contributed by atoms with Crippen LogP contribution in [0.2, 0.25) is 5.02 Å². The van der Waals surface area contributed by atoms with Crippen molar-refractivity contribution in [3.63, 3.8) is 0 Å². The van der Waals surface area contributed by atoms with Gasteiger partial charge in [0.2, 0.25) is 5.91 Å². The van der Waals surface area contributed by atoms with Crippen molar-refractivity contribution >= 4 is 57.9 Å². The van der Waals surface area contributed by atoms with Gasteiger partial charge in [-0.05, 0) is 59.7 Å². The first-order valence-electron chi connectivity index (χ1n) is 12.6. The van der Waals surface area contributed by atoms with Crippen LogP contribution in [-0.4, -0.2) is 32.9 Å². The first-order chi connectivity index (χ1) is 19.8. The number of hydrogen-bond acceptors (Lipinski definition) is 7. The monoisotopic (exact) mass is 569 g/mol. The number of halogens is 1. The molecule has 0 saturated carbocycles. The Hall–Kier alpha value is -5.22. The van der Waals surface area contributed by atoms with Crippen LogP contribution in [0.15, 0.2) is 95.7 Å². The molecule has 0 spiro atoms. The van der Waals surface area contributed by atoms with Crippen LogP contribution in [0, 0.1) is 0 Å². The number of fused-ring (bicyclic) bond motifs is 1. The molecule has 3 aromatic carbocycles. The van der Waals surface area contributed by atoms with Crippen LogP contribution in [0.25, 0.3) is 11.1 Å². The van der Waals surface area contributed by atoms with Crippen molar-refractivity contribution in [2.45, 2.75) is 18.9 Å². The van der Waals surface area contributed by atoms with E-state index in [4.69, 9.17) is 16.0 Å². The predicted molar refractivity (Wildman–Crippen MR) is 154 cm³/mol. The average Bonchev–Trinajstić information content (AvgIpc) is 3.36. The van der Waals surface area contributed by atoms with Gasteiger partial charge in [-0.15, -0.1) is 0 Å². The molecule has 0 aliphatic heterocycles. The lowest BCUT2D eigenvalue weighted by molar-refractivity contribution is -0.137. The number of carboxylic acids is 1. The van der Waals surface area contributed by atoms with Crippen molar-refractivity contribution in [3.05, 3.63) is 113 Å². The van der Waals surface area contributed by atoms with E-state index in [1.54, 1.807) is 60.7 Å². The highest BCUT2D eigenvalue weighted by atomic mass is 35.5. The minimum absolute atomic E-state index is 0.0926. The SMILES string of the molecule is O=C(O)C[C@H](NC(=O)c1ccncc1)c1ccc(NC(=O)Cc2ccc3nc(Nc4ccccc4Cl)oc3c2)cc1. The molecule has 11 heteroatoms. The highest BCUT2D eigenvalue weighted by Crippen LogP contribution is 2.27. The zero-order valence-corrected chi connectivity index (χ0v) is 22.3. The number of oxazole rings is 1. The number of para-hydroxylation sites is 1. The molecule has 206 valence electrons. The number of hydrogen-bond donors (Lipinski definition) is 4. The Bertz CT molecular complexity index is 1710. The Labute approximate surface area is 239 Å². The van der Waals surface area contributed by atoms with Crippen molar-refractivity contribution in [2.24, 2.45) is 0 Å². The molecule has 2 amide bonds. The molecular formula is C30H24ClN5O5. The second kappa shape index (κ2) is 12.3. The maximum Gasteiger partial charge on any atom is 0.305 e. The number of carbonyl (C=O) groups excluding carboxylic acids is 2. The zero-order valence-electron chi connectivity index (χ0n) is 21.5. The van der Waals surface area contributed by atoms with Crippen LogP contribution in [0.1, 0.15) is 33.9 Å². The molecule has 2 aromatic heterocycles. The third kappa shape index (κ3) is 7.06. The van der Waals surface area contributed by atoms with Gasteiger partial charge in [-0.2, -0.15) is 4.98 Å². The molecule has 10 nitrogen and oxygen atoms in total. The van der Waals surface area contributed by atoms with E-state index in [1.165, 1.54) is 12.4 Å². The molecule has 1 atom stereocenters. The molecule has 0 bridgehead atoms. The van der Waals surface area contributed by atoms with E-state index in [1.807, 2.05) is 18.2 Å². The van der Waals surface area contributed by atoms with Gasteiger partial charge in [-0.1, -0.05) is 41.9 Å². The van der Waals surface area contributed by atoms with Gasteiger partial charge < -0.3 is 25.5 Å². The number of nitrogens with zero attached hydrogens (tertiary/aromatic N) is 2. The molecule has 41 heavy (non-hydrogen) atoms. The fourth-order valence-corrected chi connectivity index (χ4v) is 4.35. The van der Waals surface area contributed by atoms with E-state index in [2.05, 4.69) is 25.9 Å². The van der Waals surface area contributed by atoms with Gasteiger partial charge in [-0.25, -0.2) is 0 Å². The topological polar surface area (TPSA) is 146 Å². The summed E-state index contributed by atoms with van der Waals surface area (Å²) in [6, 6.07) is 21.8. The lowest BCUT2D eigenvalue weighted by atomic mass is 10.0. The fourth-order valence-electron chi connectivity index (χ4n) is 4.17. The number of carboxylic acid groups (broad SMARTS) is 1. The van der Waals surface area contributed by atoms with Crippen LogP contribution in [-0.2, 0) is 16.0 Å². The lowest BCUT2D eigenvalue weighted by Crippen LogP contribution is -2.30. The molecule has 0 aliphatic rings. The number of rotatable bonds is 10. The van der Waals surface area contributed by atoms with Crippen molar-refractivity contribution in [3.8, 4) is 0 Å². The van der Waals surface area contributed by atoms with Gasteiger partial charge >= 0.3 is 5.97 Å². The largest absolute Gasteiger partial charge is 0.481 e. The summed E-state index contributed by atoms with van der Waals surface area (Å²) in [6.07, 6.45) is 2.76. The van der Waals surface area contributed by atoms with E-state index in [-0.39, 0.29) is 24.8 Å². The Morgan fingerprint density at radius 1 is 0.951 bits per heavy atom. The Kier molecular flexibility index (Phi) is 8.21. The summed E-state index contributed by atoms with van der Waals surface area (Å²) < 4.78 is 5.80. The van der Waals surface area contributed by atoms with Crippen LogP contribution in [0.3, 0.4) is 0 Å². The quantitative estimate of drug-likeness (QED) is 0.166. The zero-order chi connectivity index (χ0) is 28.8. The Balaban J connectivity index is 1.22. The van der Waals surface area contributed by atoms with Gasteiger partial charge in [0, 0.05) is 23.6 Å². The first kappa shape index (κ1) is 27.4. The van der Waals surface area contributed by atoms with E-state index >= 15 is 0 Å². The summed E-state index contributed by atoms with van der Waals surface area (Å²) in [5.41, 5.74) is 4.03. The van der Waals surface area contributed by atoms with Crippen LogP contribution < -0.4 is 16.0 Å². The fraction of sp³-hybridized carbons (Fsp3) is 0.100. The van der Waals surface area contributed by atoms with Crippen LogP contribution >= 0.6 is 11.6 Å². The van der Waals surface area contributed by atoms with Gasteiger partial charge in [0.15, 0.2) is 5.58 Å². The number of anilines is 3. The highest BCUT2D eigenvalue weighted by Gasteiger charge is 2.19. The predicted octanol–water partition coefficient (Wildman–Crippen LogP) is 5.75. The maximum absolute atomic E-state index is 12.7. The number of carbonyl (C=O) groups is 3. The van der Waals surface area contributed by atoms with Crippen LogP contribution in [0.5, 0.6) is 0 Å². The summed E-state index contributed by atoms with van der Waals surface area (Å²) >= 11 is 6.19. The van der Waals surface area contributed by atoms with Crippen molar-refractivity contribution < 1.29 is 23.9 Å². The third-order valence-electron chi connectivity index (χ3n) is 6.16. The number of aromatic nitrogens is 2. The normalized spacial score (nSPS) is 11.5. The highest BCUT2D eigenvalue weighted by molar-refractivity contribution is 6.33. The molecule has 5 aromatic rings. The van der Waals surface area contributed by atoms with Gasteiger partial charge in [0.05, 0.1) is 29.6 Å². The number of nitrogens with one attached hydrogen (secondary N) is 3. The van der Waals surface area contributed by atoms with Gasteiger partial charge in [0.1, 0.15) is 5.52 Å². The second-order valence-electron chi connectivity index (χ2n) is 9.13. The molecule has 4 N–H and O–H groups in total. The lowest BCUT2D eigenvalue weighted by Gasteiger charge is -2.18. The minimum Gasteiger partial charge on any atom is -0.481 e. The van der Waals surface area contributed by atoms with Crippen LogP contribution in [0.4, 0.5) is 17.4 Å². The number of benzene rings is 3. The summed E-state index contributed by atoms with van der Waals surface area (Å²) in [6.45, 7) is 0. The van der Waals surface area contributed by atoms with Crippen molar-refractivity contribution in [1.82, 2.24) is 15.3 Å². The second-order valence-corrected chi connectivity index (χ2v) is 9.54. The molecular weight excluding hydrogens is 546 g/mol. The van der Waals surface area contributed by atoms with E-state index in [9.17, 15) is 19.5 Å². The summed E-state index contributed by atoms with van der Waals surface area (Å²) in [5.74, 6) is -1.72. The van der Waals surface area contributed by atoms with Gasteiger partial charge in [-0.3, -0.25) is 19.4 Å².